The Hall–Kier alpha value is -1.13. The average molecular weight is 224 g/mol. The van der Waals surface area contributed by atoms with Crippen molar-refractivity contribution in [1.82, 2.24) is 10.2 Å². The molecule has 0 atom stereocenters. The lowest BCUT2D eigenvalue weighted by atomic mass is 10.4. The summed E-state index contributed by atoms with van der Waals surface area (Å²) in [6.45, 7) is 1.54. The van der Waals surface area contributed by atoms with Crippen LogP contribution in [0, 0.1) is 0 Å². The molecule has 82 valence electrons. The van der Waals surface area contributed by atoms with Gasteiger partial charge in [-0.05, 0) is 31.6 Å². The van der Waals surface area contributed by atoms with Gasteiger partial charge in [0.25, 0.3) is 0 Å². The molecule has 4 heteroatoms. The van der Waals surface area contributed by atoms with Crippen LogP contribution in [0.2, 0.25) is 0 Å². The van der Waals surface area contributed by atoms with Crippen molar-refractivity contribution < 1.29 is 4.79 Å². The monoisotopic (exact) mass is 224 g/mol. The normalized spacial score (nSPS) is 11.1. The third-order valence-electron chi connectivity index (χ3n) is 1.80. The molecule has 0 aliphatic heterocycles. The fourth-order valence-corrected chi connectivity index (χ4v) is 1.62. The van der Waals surface area contributed by atoms with Crippen LogP contribution < -0.4 is 5.32 Å². The molecule has 0 spiro atoms. The van der Waals surface area contributed by atoms with Gasteiger partial charge in [-0.3, -0.25) is 4.79 Å². The van der Waals surface area contributed by atoms with Gasteiger partial charge in [0.05, 0.1) is 0 Å². The number of amides is 1. The smallest absolute Gasteiger partial charge is 0.244 e. The van der Waals surface area contributed by atoms with E-state index in [0.717, 1.165) is 11.4 Å². The van der Waals surface area contributed by atoms with Gasteiger partial charge in [0.2, 0.25) is 5.91 Å². The molecule has 0 saturated heterocycles. The van der Waals surface area contributed by atoms with Gasteiger partial charge in [0.15, 0.2) is 0 Å². The zero-order valence-electron chi connectivity index (χ0n) is 9.06. The van der Waals surface area contributed by atoms with E-state index in [4.69, 9.17) is 0 Å². The van der Waals surface area contributed by atoms with Crippen molar-refractivity contribution in [3.8, 4) is 0 Å². The summed E-state index contributed by atoms with van der Waals surface area (Å²) in [5, 5.41) is 4.80. The van der Waals surface area contributed by atoms with Crippen molar-refractivity contribution >= 4 is 23.3 Å². The van der Waals surface area contributed by atoms with Crippen LogP contribution in [0.4, 0.5) is 0 Å². The largest absolute Gasteiger partial charge is 0.351 e. The lowest BCUT2D eigenvalue weighted by molar-refractivity contribution is -0.116. The molecule has 0 radical (unpaired) electrons. The van der Waals surface area contributed by atoms with Crippen molar-refractivity contribution in [2.24, 2.45) is 0 Å². The van der Waals surface area contributed by atoms with E-state index in [2.05, 4.69) is 5.32 Å². The fraction of sp³-hybridized carbons (Fsp3) is 0.364. The van der Waals surface area contributed by atoms with Crippen molar-refractivity contribution in [2.75, 3.05) is 27.2 Å². The van der Waals surface area contributed by atoms with Crippen LogP contribution >= 0.6 is 11.3 Å². The number of thiophene rings is 1. The Bertz CT molecular complexity index is 317. The lowest BCUT2D eigenvalue weighted by Crippen LogP contribution is -2.30. The van der Waals surface area contributed by atoms with Gasteiger partial charge < -0.3 is 10.2 Å². The molecule has 3 nitrogen and oxygen atoms in total. The molecule has 15 heavy (non-hydrogen) atoms. The minimum Gasteiger partial charge on any atom is -0.351 e. The Morgan fingerprint density at radius 1 is 1.60 bits per heavy atom. The predicted molar refractivity (Wildman–Crippen MR) is 64.9 cm³/mol. The minimum absolute atomic E-state index is 0.0368. The Morgan fingerprint density at radius 3 is 3.00 bits per heavy atom. The van der Waals surface area contributed by atoms with Crippen LogP contribution in [0.25, 0.3) is 6.08 Å². The van der Waals surface area contributed by atoms with Gasteiger partial charge in [-0.15, -0.1) is 11.3 Å². The van der Waals surface area contributed by atoms with Gasteiger partial charge in [-0.25, -0.2) is 0 Å². The summed E-state index contributed by atoms with van der Waals surface area (Å²) in [5.41, 5.74) is 0. The number of rotatable bonds is 5. The van der Waals surface area contributed by atoms with Crippen LogP contribution in [0.1, 0.15) is 4.88 Å². The lowest BCUT2D eigenvalue weighted by Gasteiger charge is -2.08. The zero-order valence-corrected chi connectivity index (χ0v) is 9.88. The molecule has 0 aliphatic rings. The highest BCUT2D eigenvalue weighted by atomic mass is 32.1. The quantitative estimate of drug-likeness (QED) is 0.768. The second-order valence-electron chi connectivity index (χ2n) is 3.44. The summed E-state index contributed by atoms with van der Waals surface area (Å²) in [4.78, 5) is 14.4. The Balaban J connectivity index is 2.24. The molecule has 1 heterocycles. The summed E-state index contributed by atoms with van der Waals surface area (Å²) >= 11 is 1.62. The van der Waals surface area contributed by atoms with E-state index in [1.54, 1.807) is 17.4 Å². The molecule has 1 N–H and O–H groups in total. The summed E-state index contributed by atoms with van der Waals surface area (Å²) in [5.74, 6) is -0.0368. The van der Waals surface area contributed by atoms with Gasteiger partial charge in [0.1, 0.15) is 0 Å². The first-order valence-electron chi connectivity index (χ1n) is 4.82. The van der Waals surface area contributed by atoms with E-state index in [9.17, 15) is 4.79 Å². The molecule has 1 aromatic heterocycles. The highest BCUT2D eigenvalue weighted by Crippen LogP contribution is 2.09. The van der Waals surface area contributed by atoms with Crippen molar-refractivity contribution in [2.45, 2.75) is 0 Å². The van der Waals surface area contributed by atoms with E-state index >= 15 is 0 Å². The van der Waals surface area contributed by atoms with Crippen molar-refractivity contribution in [3.05, 3.63) is 28.5 Å². The van der Waals surface area contributed by atoms with E-state index < -0.39 is 0 Å². The van der Waals surface area contributed by atoms with E-state index in [1.165, 1.54) is 0 Å². The standard InChI is InChI=1S/C11H16N2OS/c1-13(2)8-7-12-11(14)6-5-10-4-3-9-15-10/h3-6,9H,7-8H2,1-2H3,(H,12,14)/b6-5+. The maximum absolute atomic E-state index is 11.3. The van der Waals surface area contributed by atoms with Crippen molar-refractivity contribution in [3.63, 3.8) is 0 Å². The molecule has 1 aromatic rings. The third-order valence-corrected chi connectivity index (χ3v) is 2.64. The minimum atomic E-state index is -0.0368. The van der Waals surface area contributed by atoms with E-state index in [-0.39, 0.29) is 5.91 Å². The van der Waals surface area contributed by atoms with Gasteiger partial charge in [-0.2, -0.15) is 0 Å². The Labute approximate surface area is 94.4 Å². The average Bonchev–Trinajstić information content (AvgIpc) is 2.66. The number of hydrogen-bond donors (Lipinski definition) is 1. The predicted octanol–water partition coefficient (Wildman–Crippen LogP) is 1.44. The number of nitrogens with one attached hydrogen (secondary N) is 1. The van der Waals surface area contributed by atoms with E-state index in [0.29, 0.717) is 6.54 Å². The Kier molecular flexibility index (Phi) is 5.07. The molecular formula is C11H16N2OS. The maximum atomic E-state index is 11.3. The number of carbonyl (C=O) groups excluding carboxylic acids is 1. The summed E-state index contributed by atoms with van der Waals surface area (Å²) in [6, 6.07) is 3.95. The van der Waals surface area contributed by atoms with Gasteiger partial charge in [0, 0.05) is 24.0 Å². The van der Waals surface area contributed by atoms with Crippen LogP contribution in [0.5, 0.6) is 0 Å². The Morgan fingerprint density at radius 2 is 2.40 bits per heavy atom. The first-order valence-corrected chi connectivity index (χ1v) is 5.70. The molecule has 1 rings (SSSR count). The zero-order chi connectivity index (χ0) is 11.1. The molecule has 1 amide bonds. The number of nitrogens with zero attached hydrogens (tertiary/aromatic N) is 1. The second kappa shape index (κ2) is 6.37. The second-order valence-corrected chi connectivity index (χ2v) is 4.42. The molecular weight excluding hydrogens is 208 g/mol. The van der Waals surface area contributed by atoms with Crippen LogP contribution in [-0.4, -0.2) is 38.0 Å². The highest BCUT2D eigenvalue weighted by Gasteiger charge is 1.95. The van der Waals surface area contributed by atoms with Crippen molar-refractivity contribution in [1.29, 1.82) is 0 Å². The highest BCUT2D eigenvalue weighted by molar-refractivity contribution is 7.10. The summed E-state index contributed by atoms with van der Waals surface area (Å²) in [7, 11) is 3.96. The first-order chi connectivity index (χ1) is 7.18. The molecule has 0 aromatic carbocycles. The molecule has 0 bridgehead atoms. The molecule has 0 fully saturated rings. The molecule has 0 aliphatic carbocycles. The molecule has 0 saturated carbocycles. The topological polar surface area (TPSA) is 32.3 Å². The summed E-state index contributed by atoms with van der Waals surface area (Å²) in [6.07, 6.45) is 3.40. The number of hydrogen-bond acceptors (Lipinski definition) is 3. The van der Waals surface area contributed by atoms with Crippen LogP contribution in [0.3, 0.4) is 0 Å². The first kappa shape index (κ1) is 11.9. The van der Waals surface area contributed by atoms with Crippen LogP contribution in [0.15, 0.2) is 23.6 Å². The third kappa shape index (κ3) is 5.34. The fourth-order valence-electron chi connectivity index (χ4n) is 1.01. The van der Waals surface area contributed by atoms with E-state index in [1.807, 2.05) is 42.6 Å². The van der Waals surface area contributed by atoms with Gasteiger partial charge >= 0.3 is 0 Å². The summed E-state index contributed by atoms with van der Waals surface area (Å²) < 4.78 is 0. The van der Waals surface area contributed by atoms with Crippen LogP contribution in [-0.2, 0) is 4.79 Å². The molecule has 0 unspecified atom stereocenters. The number of carbonyl (C=O) groups is 1. The maximum Gasteiger partial charge on any atom is 0.244 e. The SMILES string of the molecule is CN(C)CCNC(=O)/C=C/c1cccs1. The van der Waals surface area contributed by atoms with Gasteiger partial charge in [-0.1, -0.05) is 6.07 Å². The number of likely N-dealkylation sites (N-methyl/N-ethyl adjacent to an activating group) is 1.